The van der Waals surface area contributed by atoms with Crippen molar-refractivity contribution in [3.05, 3.63) is 42.2 Å². The summed E-state index contributed by atoms with van der Waals surface area (Å²) < 4.78 is 11.0. The van der Waals surface area contributed by atoms with Crippen LogP contribution in [0.1, 0.15) is 5.56 Å². The summed E-state index contributed by atoms with van der Waals surface area (Å²) >= 11 is 0. The number of nitrogens with zero attached hydrogens (tertiary/aromatic N) is 4. The first-order valence-electron chi connectivity index (χ1n) is 9.04. The maximum Gasteiger partial charge on any atom is 0.159 e. The zero-order chi connectivity index (χ0) is 18.4. The van der Waals surface area contributed by atoms with Crippen molar-refractivity contribution in [2.24, 2.45) is 5.92 Å². The Balaban J connectivity index is 1.62. The van der Waals surface area contributed by atoms with Crippen molar-refractivity contribution >= 4 is 0 Å². The fraction of sp³-hybridized carbons (Fsp3) is 0.500. The monoisotopic (exact) mass is 356 g/mol. The first-order chi connectivity index (χ1) is 12.6. The number of methoxy groups -OCH3 is 1. The van der Waals surface area contributed by atoms with E-state index >= 15 is 0 Å². The largest absolute Gasteiger partial charge is 0.497 e. The molecule has 0 N–H and O–H groups in total. The van der Waals surface area contributed by atoms with Gasteiger partial charge in [0.1, 0.15) is 5.75 Å². The minimum atomic E-state index is 0.534. The molecule has 3 rings (SSSR count). The normalized spacial score (nSPS) is 18.7. The van der Waals surface area contributed by atoms with Crippen LogP contribution in [0.5, 0.6) is 5.75 Å². The lowest BCUT2D eigenvalue weighted by molar-refractivity contribution is 0.112. The third-order valence-corrected chi connectivity index (χ3v) is 4.50. The summed E-state index contributed by atoms with van der Waals surface area (Å²) in [6, 6.07) is 7.81. The Labute approximate surface area is 155 Å². The van der Waals surface area contributed by atoms with Crippen LogP contribution in [0.2, 0.25) is 0 Å². The summed E-state index contributed by atoms with van der Waals surface area (Å²) in [6.07, 6.45) is 3.86. The molecule has 0 amide bonds. The van der Waals surface area contributed by atoms with Gasteiger partial charge in [0.05, 0.1) is 20.3 Å². The summed E-state index contributed by atoms with van der Waals surface area (Å²) in [5, 5.41) is 0. The molecule has 1 aromatic carbocycles. The predicted octanol–water partition coefficient (Wildman–Crippen LogP) is 2.16. The Kier molecular flexibility index (Phi) is 6.55. The van der Waals surface area contributed by atoms with Gasteiger partial charge in [0.2, 0.25) is 0 Å². The van der Waals surface area contributed by atoms with E-state index in [1.54, 1.807) is 7.11 Å². The highest BCUT2D eigenvalue weighted by atomic mass is 16.5. The van der Waals surface area contributed by atoms with E-state index in [2.05, 4.69) is 33.9 Å². The second-order valence-corrected chi connectivity index (χ2v) is 7.08. The van der Waals surface area contributed by atoms with Crippen molar-refractivity contribution in [3.63, 3.8) is 0 Å². The van der Waals surface area contributed by atoms with E-state index in [0.29, 0.717) is 5.92 Å². The molecular weight excluding hydrogens is 328 g/mol. The van der Waals surface area contributed by atoms with Gasteiger partial charge in [-0.15, -0.1) is 0 Å². The fourth-order valence-corrected chi connectivity index (χ4v) is 3.31. The molecule has 26 heavy (non-hydrogen) atoms. The second-order valence-electron chi connectivity index (χ2n) is 7.08. The lowest BCUT2D eigenvalue weighted by Gasteiger charge is -2.25. The van der Waals surface area contributed by atoms with Crippen molar-refractivity contribution in [3.8, 4) is 17.1 Å². The molecule has 6 nitrogen and oxygen atoms in total. The van der Waals surface area contributed by atoms with Crippen molar-refractivity contribution in [2.45, 2.75) is 6.54 Å². The van der Waals surface area contributed by atoms with Gasteiger partial charge in [0.25, 0.3) is 0 Å². The van der Waals surface area contributed by atoms with Crippen LogP contribution in [0.3, 0.4) is 0 Å². The predicted molar refractivity (Wildman–Crippen MR) is 102 cm³/mol. The van der Waals surface area contributed by atoms with Crippen LogP contribution in [-0.4, -0.2) is 73.8 Å². The Morgan fingerprint density at radius 3 is 2.58 bits per heavy atom. The van der Waals surface area contributed by atoms with Crippen LogP contribution in [0.4, 0.5) is 0 Å². The summed E-state index contributed by atoms with van der Waals surface area (Å²) in [5.74, 6) is 2.11. The number of ether oxygens (including phenoxy) is 2. The Morgan fingerprint density at radius 2 is 1.92 bits per heavy atom. The quantitative estimate of drug-likeness (QED) is 0.791. The smallest absolute Gasteiger partial charge is 0.159 e. The van der Waals surface area contributed by atoms with Gasteiger partial charge in [-0.1, -0.05) is 0 Å². The first kappa shape index (κ1) is 18.8. The molecule has 1 unspecified atom stereocenters. The highest BCUT2D eigenvalue weighted by Gasteiger charge is 2.19. The molecule has 2 heterocycles. The van der Waals surface area contributed by atoms with E-state index in [-0.39, 0.29) is 0 Å². The maximum atomic E-state index is 5.76. The number of hydrogen-bond acceptors (Lipinski definition) is 6. The van der Waals surface area contributed by atoms with Gasteiger partial charge >= 0.3 is 0 Å². The van der Waals surface area contributed by atoms with E-state index in [1.165, 1.54) is 0 Å². The first-order valence-corrected chi connectivity index (χ1v) is 9.04. The van der Waals surface area contributed by atoms with Crippen molar-refractivity contribution in [2.75, 3.05) is 54.1 Å². The van der Waals surface area contributed by atoms with Crippen molar-refractivity contribution in [1.82, 2.24) is 19.8 Å². The zero-order valence-corrected chi connectivity index (χ0v) is 15.9. The third-order valence-electron chi connectivity index (χ3n) is 4.50. The number of aromatic nitrogens is 2. The maximum absolute atomic E-state index is 5.76. The van der Waals surface area contributed by atoms with Crippen LogP contribution in [0.15, 0.2) is 36.7 Å². The molecule has 0 spiro atoms. The Morgan fingerprint density at radius 1 is 1.19 bits per heavy atom. The van der Waals surface area contributed by atoms with Gasteiger partial charge in [-0.05, 0) is 38.4 Å². The lowest BCUT2D eigenvalue weighted by Crippen LogP contribution is -2.34. The zero-order valence-electron chi connectivity index (χ0n) is 15.9. The molecule has 1 saturated heterocycles. The average Bonchev–Trinajstić information content (AvgIpc) is 2.87. The van der Waals surface area contributed by atoms with E-state index in [4.69, 9.17) is 9.47 Å². The standard InChI is InChI=1S/C20H28N4O2/c1-23(2)12-17-14-24(8-9-26-15-17)13-16-10-21-20(22-11-16)18-4-6-19(25-3)7-5-18/h4-7,10-11,17H,8-9,12-15H2,1-3H3. The molecule has 0 bridgehead atoms. The minimum absolute atomic E-state index is 0.534. The van der Waals surface area contributed by atoms with Crippen molar-refractivity contribution < 1.29 is 9.47 Å². The molecule has 6 heteroatoms. The summed E-state index contributed by atoms with van der Waals surface area (Å²) in [6.45, 7) is 5.51. The third kappa shape index (κ3) is 5.24. The Hall–Kier alpha value is -2.02. The average molecular weight is 356 g/mol. The van der Waals surface area contributed by atoms with Gasteiger partial charge in [-0.2, -0.15) is 0 Å². The number of benzene rings is 1. The van der Waals surface area contributed by atoms with Crippen molar-refractivity contribution in [1.29, 1.82) is 0 Å². The number of rotatable bonds is 6. The molecule has 0 saturated carbocycles. The van der Waals surface area contributed by atoms with Crippen LogP contribution >= 0.6 is 0 Å². The van der Waals surface area contributed by atoms with E-state index in [1.807, 2.05) is 36.7 Å². The molecule has 0 radical (unpaired) electrons. The highest BCUT2D eigenvalue weighted by molar-refractivity contribution is 5.55. The Bertz CT molecular complexity index is 673. The highest BCUT2D eigenvalue weighted by Crippen LogP contribution is 2.19. The molecule has 1 atom stereocenters. The van der Waals surface area contributed by atoms with Gasteiger partial charge in [-0.25, -0.2) is 9.97 Å². The molecule has 0 aliphatic carbocycles. The van der Waals surface area contributed by atoms with E-state index in [9.17, 15) is 0 Å². The molecular formula is C20H28N4O2. The molecule has 2 aromatic rings. The van der Waals surface area contributed by atoms with Crippen LogP contribution < -0.4 is 4.74 Å². The SMILES string of the molecule is COc1ccc(-c2ncc(CN3CCOCC(CN(C)C)C3)cn2)cc1. The summed E-state index contributed by atoms with van der Waals surface area (Å²) in [7, 11) is 5.89. The summed E-state index contributed by atoms with van der Waals surface area (Å²) in [4.78, 5) is 13.7. The van der Waals surface area contributed by atoms with E-state index < -0.39 is 0 Å². The van der Waals surface area contributed by atoms with Crippen LogP contribution in [0, 0.1) is 5.92 Å². The fourth-order valence-electron chi connectivity index (χ4n) is 3.31. The number of hydrogen-bond donors (Lipinski definition) is 0. The molecule has 140 valence electrons. The lowest BCUT2D eigenvalue weighted by atomic mass is 10.1. The summed E-state index contributed by atoms with van der Waals surface area (Å²) in [5.41, 5.74) is 2.12. The van der Waals surface area contributed by atoms with Gasteiger partial charge in [0, 0.05) is 55.6 Å². The van der Waals surface area contributed by atoms with Crippen LogP contribution in [-0.2, 0) is 11.3 Å². The molecule has 1 fully saturated rings. The molecule has 1 aromatic heterocycles. The van der Waals surface area contributed by atoms with Gasteiger partial charge in [-0.3, -0.25) is 4.90 Å². The molecule has 1 aliphatic rings. The van der Waals surface area contributed by atoms with Gasteiger partial charge in [0.15, 0.2) is 5.82 Å². The second kappa shape index (κ2) is 9.07. The van der Waals surface area contributed by atoms with Gasteiger partial charge < -0.3 is 14.4 Å². The topological polar surface area (TPSA) is 50.7 Å². The van der Waals surface area contributed by atoms with Crippen LogP contribution in [0.25, 0.3) is 11.4 Å². The van der Waals surface area contributed by atoms with E-state index in [0.717, 1.165) is 62.1 Å². The molecule has 1 aliphatic heterocycles. The minimum Gasteiger partial charge on any atom is -0.497 e.